The molecule has 0 unspecified atom stereocenters. The van der Waals surface area contributed by atoms with Crippen LogP contribution in [0.4, 0.5) is 0 Å². The SMILES string of the molecule is CCOC(=O)[C@H]1C(=O)C[C@](C)(O)[C@H](C(=O)OCC)[C@@H]1c1ccc(OC)c(OC)c1. The van der Waals surface area contributed by atoms with Gasteiger partial charge in [0.25, 0.3) is 0 Å². The van der Waals surface area contributed by atoms with Gasteiger partial charge in [0.15, 0.2) is 17.3 Å². The predicted molar refractivity (Wildman–Crippen MR) is 103 cm³/mol. The fourth-order valence-corrected chi connectivity index (χ4v) is 3.94. The van der Waals surface area contributed by atoms with Crippen molar-refractivity contribution < 1.29 is 38.4 Å². The van der Waals surface area contributed by atoms with Crippen molar-refractivity contribution in [2.45, 2.75) is 38.7 Å². The van der Waals surface area contributed by atoms with E-state index < -0.39 is 41.1 Å². The van der Waals surface area contributed by atoms with Gasteiger partial charge >= 0.3 is 11.9 Å². The number of ketones is 1. The molecule has 1 aromatic carbocycles. The fraction of sp³-hybridized carbons (Fsp3) is 0.571. The molecular weight excluding hydrogens is 380 g/mol. The Morgan fingerprint density at radius 3 is 2.21 bits per heavy atom. The standard InChI is InChI=1S/C21H28O8/c1-6-28-19(23)17-13(22)11-21(3,25)18(20(24)29-7-2)16(17)12-8-9-14(26-4)15(10-12)27-5/h8-10,16-18,25H,6-7,11H2,1-5H3/t16-,17+,18+,21+/m1/s1. The highest BCUT2D eigenvalue weighted by Gasteiger charge is 2.57. The zero-order valence-corrected chi connectivity index (χ0v) is 17.4. The molecule has 0 aromatic heterocycles. The van der Waals surface area contributed by atoms with E-state index in [0.29, 0.717) is 17.1 Å². The summed E-state index contributed by atoms with van der Waals surface area (Å²) in [5.41, 5.74) is -1.23. The Kier molecular flexibility index (Phi) is 7.24. The molecule has 1 aliphatic rings. The zero-order chi connectivity index (χ0) is 21.8. The van der Waals surface area contributed by atoms with Crippen molar-refractivity contribution in [3.8, 4) is 11.5 Å². The van der Waals surface area contributed by atoms with E-state index in [1.165, 1.54) is 21.1 Å². The van der Waals surface area contributed by atoms with Crippen molar-refractivity contribution in [1.29, 1.82) is 0 Å². The lowest BCUT2D eigenvalue weighted by atomic mass is 9.61. The van der Waals surface area contributed by atoms with Gasteiger partial charge in [-0.15, -0.1) is 0 Å². The molecule has 0 heterocycles. The summed E-state index contributed by atoms with van der Waals surface area (Å²) >= 11 is 0. The minimum atomic E-state index is -1.69. The number of esters is 2. The Labute approximate surface area is 170 Å². The van der Waals surface area contributed by atoms with Gasteiger partial charge in [-0.05, 0) is 38.5 Å². The van der Waals surface area contributed by atoms with Gasteiger partial charge in [0.05, 0.1) is 39.0 Å². The zero-order valence-electron chi connectivity index (χ0n) is 17.4. The quantitative estimate of drug-likeness (QED) is 0.538. The summed E-state index contributed by atoms with van der Waals surface area (Å²) in [6.07, 6.45) is -0.357. The van der Waals surface area contributed by atoms with E-state index >= 15 is 0 Å². The Morgan fingerprint density at radius 2 is 1.66 bits per heavy atom. The van der Waals surface area contributed by atoms with Gasteiger partial charge in [-0.3, -0.25) is 14.4 Å². The number of ether oxygens (including phenoxy) is 4. The first-order chi connectivity index (χ1) is 13.7. The maximum Gasteiger partial charge on any atom is 0.317 e. The number of hydrogen-bond acceptors (Lipinski definition) is 8. The number of benzene rings is 1. The number of methoxy groups -OCH3 is 2. The van der Waals surface area contributed by atoms with Crippen LogP contribution in [0.3, 0.4) is 0 Å². The summed E-state index contributed by atoms with van der Waals surface area (Å²) in [5, 5.41) is 11.0. The molecule has 1 saturated carbocycles. The molecule has 0 spiro atoms. The fourth-order valence-electron chi connectivity index (χ4n) is 3.94. The van der Waals surface area contributed by atoms with Crippen molar-refractivity contribution in [3.63, 3.8) is 0 Å². The minimum absolute atomic E-state index is 0.0851. The maximum absolute atomic E-state index is 12.8. The number of carbonyl (C=O) groups is 3. The van der Waals surface area contributed by atoms with Crippen LogP contribution < -0.4 is 9.47 Å². The molecule has 2 rings (SSSR count). The first-order valence-electron chi connectivity index (χ1n) is 9.52. The van der Waals surface area contributed by atoms with Gasteiger partial charge in [-0.25, -0.2) is 0 Å². The second-order valence-electron chi connectivity index (χ2n) is 7.10. The Balaban J connectivity index is 2.67. The number of aliphatic hydroxyl groups is 1. The Morgan fingerprint density at radius 1 is 1.07 bits per heavy atom. The Hall–Kier alpha value is -2.61. The molecule has 160 valence electrons. The Bertz CT molecular complexity index is 770. The van der Waals surface area contributed by atoms with Crippen molar-refractivity contribution in [2.24, 2.45) is 11.8 Å². The van der Waals surface area contributed by atoms with Gasteiger partial charge in [0.1, 0.15) is 5.92 Å². The van der Waals surface area contributed by atoms with E-state index in [1.807, 2.05) is 0 Å². The van der Waals surface area contributed by atoms with Crippen LogP contribution in [0.15, 0.2) is 18.2 Å². The second kappa shape index (κ2) is 9.26. The van der Waals surface area contributed by atoms with E-state index in [-0.39, 0.29) is 19.6 Å². The third-order valence-electron chi connectivity index (χ3n) is 5.14. The minimum Gasteiger partial charge on any atom is -0.493 e. The van der Waals surface area contributed by atoms with Crippen LogP contribution in [-0.4, -0.2) is 55.9 Å². The number of Topliss-reactive ketones (excluding diaryl/α,β-unsaturated/α-hetero) is 1. The molecular formula is C21H28O8. The lowest BCUT2D eigenvalue weighted by Gasteiger charge is -2.43. The van der Waals surface area contributed by atoms with Gasteiger partial charge in [-0.2, -0.15) is 0 Å². The molecule has 8 heteroatoms. The summed E-state index contributed by atoms with van der Waals surface area (Å²) in [4.78, 5) is 38.3. The molecule has 8 nitrogen and oxygen atoms in total. The topological polar surface area (TPSA) is 108 Å². The van der Waals surface area contributed by atoms with Crippen LogP contribution >= 0.6 is 0 Å². The van der Waals surface area contributed by atoms with Gasteiger partial charge in [0.2, 0.25) is 0 Å². The normalized spacial score (nSPS) is 26.6. The molecule has 1 aromatic rings. The monoisotopic (exact) mass is 408 g/mol. The van der Waals surface area contributed by atoms with Gasteiger partial charge in [0, 0.05) is 12.3 Å². The van der Waals surface area contributed by atoms with Crippen LogP contribution in [-0.2, 0) is 23.9 Å². The van der Waals surface area contributed by atoms with E-state index in [9.17, 15) is 19.5 Å². The lowest BCUT2D eigenvalue weighted by molar-refractivity contribution is -0.172. The molecule has 0 aliphatic heterocycles. The van der Waals surface area contributed by atoms with E-state index in [1.54, 1.807) is 32.0 Å². The van der Waals surface area contributed by atoms with E-state index in [2.05, 4.69) is 0 Å². The summed E-state index contributed by atoms with van der Waals surface area (Å²) in [6, 6.07) is 4.85. The molecule has 1 fully saturated rings. The average molecular weight is 408 g/mol. The first kappa shape index (κ1) is 22.7. The van der Waals surface area contributed by atoms with Crippen LogP contribution in [0.1, 0.15) is 38.7 Å². The third kappa shape index (κ3) is 4.53. The molecule has 0 saturated heterocycles. The second-order valence-corrected chi connectivity index (χ2v) is 7.10. The highest BCUT2D eigenvalue weighted by Crippen LogP contribution is 2.48. The summed E-state index contributed by atoms with van der Waals surface area (Å²) in [6.45, 7) is 4.87. The largest absolute Gasteiger partial charge is 0.493 e. The van der Waals surface area contributed by atoms with E-state index in [0.717, 1.165) is 0 Å². The van der Waals surface area contributed by atoms with Crippen LogP contribution in [0.25, 0.3) is 0 Å². The summed E-state index contributed by atoms with van der Waals surface area (Å²) < 4.78 is 20.9. The van der Waals surface area contributed by atoms with Crippen LogP contribution in [0, 0.1) is 11.8 Å². The number of carbonyl (C=O) groups excluding carboxylic acids is 3. The molecule has 1 N–H and O–H groups in total. The lowest BCUT2D eigenvalue weighted by Crippen LogP contribution is -2.55. The van der Waals surface area contributed by atoms with Crippen LogP contribution in [0.2, 0.25) is 0 Å². The third-order valence-corrected chi connectivity index (χ3v) is 5.14. The smallest absolute Gasteiger partial charge is 0.317 e. The highest BCUT2D eigenvalue weighted by atomic mass is 16.5. The summed E-state index contributed by atoms with van der Waals surface area (Å²) in [5.74, 6) is -4.46. The van der Waals surface area contributed by atoms with Crippen molar-refractivity contribution in [2.75, 3.05) is 27.4 Å². The molecule has 1 aliphatic carbocycles. The van der Waals surface area contributed by atoms with Gasteiger partial charge in [-0.1, -0.05) is 6.07 Å². The molecule has 0 bridgehead atoms. The van der Waals surface area contributed by atoms with E-state index in [4.69, 9.17) is 18.9 Å². The van der Waals surface area contributed by atoms with Gasteiger partial charge < -0.3 is 24.1 Å². The van der Waals surface area contributed by atoms with Crippen molar-refractivity contribution in [1.82, 2.24) is 0 Å². The predicted octanol–water partition coefficient (Wildman–Crippen LogP) is 1.87. The molecule has 4 atom stereocenters. The molecule has 0 amide bonds. The van der Waals surface area contributed by atoms with Crippen molar-refractivity contribution >= 4 is 17.7 Å². The maximum atomic E-state index is 12.8. The molecule has 0 radical (unpaired) electrons. The van der Waals surface area contributed by atoms with Crippen LogP contribution in [0.5, 0.6) is 11.5 Å². The summed E-state index contributed by atoms with van der Waals surface area (Å²) in [7, 11) is 2.94. The first-order valence-corrected chi connectivity index (χ1v) is 9.52. The number of hydrogen-bond donors (Lipinski definition) is 1. The average Bonchev–Trinajstić information content (AvgIpc) is 2.66. The van der Waals surface area contributed by atoms with Crippen molar-refractivity contribution in [3.05, 3.63) is 23.8 Å². The molecule has 29 heavy (non-hydrogen) atoms. The number of rotatable bonds is 7. The highest BCUT2D eigenvalue weighted by molar-refractivity contribution is 6.02.